The van der Waals surface area contributed by atoms with Crippen LogP contribution in [0.5, 0.6) is 0 Å². The number of hydrogen-bond acceptors (Lipinski definition) is 3. The standard InChI is InChI=1S/C19H30N6/c1-4-5-13-20-19(22-15-18-24-23-16(2)25(18)3)21-14-9-12-17-10-7-6-8-11-17/h6-8,10-11H,4-5,9,12-15H2,1-3H3,(H2,20,21,22). The van der Waals surface area contributed by atoms with Crippen LogP contribution in [0.15, 0.2) is 35.3 Å². The van der Waals surface area contributed by atoms with E-state index in [4.69, 9.17) is 0 Å². The first-order valence-electron chi connectivity index (χ1n) is 9.11. The molecule has 1 heterocycles. The molecule has 2 aromatic rings. The van der Waals surface area contributed by atoms with Gasteiger partial charge in [0.15, 0.2) is 11.8 Å². The topological polar surface area (TPSA) is 67.1 Å². The second-order valence-corrected chi connectivity index (χ2v) is 6.18. The van der Waals surface area contributed by atoms with Crippen LogP contribution in [0.25, 0.3) is 0 Å². The normalized spacial score (nSPS) is 11.6. The highest BCUT2D eigenvalue weighted by Crippen LogP contribution is 2.02. The lowest BCUT2D eigenvalue weighted by Crippen LogP contribution is -2.38. The molecule has 0 radical (unpaired) electrons. The van der Waals surface area contributed by atoms with E-state index in [1.165, 1.54) is 5.56 Å². The number of rotatable bonds is 9. The van der Waals surface area contributed by atoms with Gasteiger partial charge in [0.25, 0.3) is 0 Å². The van der Waals surface area contributed by atoms with Crippen LogP contribution in [-0.2, 0) is 20.0 Å². The number of benzene rings is 1. The summed E-state index contributed by atoms with van der Waals surface area (Å²) in [5.41, 5.74) is 1.37. The largest absolute Gasteiger partial charge is 0.356 e. The quantitative estimate of drug-likeness (QED) is 0.418. The van der Waals surface area contributed by atoms with Gasteiger partial charge in [0.2, 0.25) is 0 Å². The molecule has 0 spiro atoms. The monoisotopic (exact) mass is 342 g/mol. The summed E-state index contributed by atoms with van der Waals surface area (Å²) in [5.74, 6) is 2.63. The molecule has 0 aliphatic heterocycles. The maximum Gasteiger partial charge on any atom is 0.191 e. The third-order valence-electron chi connectivity index (χ3n) is 4.16. The Morgan fingerprint density at radius 2 is 1.80 bits per heavy atom. The molecule has 0 aliphatic rings. The van der Waals surface area contributed by atoms with Gasteiger partial charge in [0.05, 0.1) is 0 Å². The summed E-state index contributed by atoms with van der Waals surface area (Å²) in [6.07, 6.45) is 4.44. The summed E-state index contributed by atoms with van der Waals surface area (Å²) in [5, 5.41) is 15.1. The number of aromatic nitrogens is 3. The number of unbranched alkanes of at least 4 members (excludes halogenated alkanes) is 1. The lowest BCUT2D eigenvalue weighted by atomic mass is 10.1. The van der Waals surface area contributed by atoms with Crippen molar-refractivity contribution in [2.24, 2.45) is 12.0 Å². The lowest BCUT2D eigenvalue weighted by molar-refractivity contribution is 0.700. The minimum absolute atomic E-state index is 0.525. The van der Waals surface area contributed by atoms with Gasteiger partial charge in [-0.1, -0.05) is 43.7 Å². The number of guanidine groups is 1. The Morgan fingerprint density at radius 3 is 2.44 bits per heavy atom. The molecular weight excluding hydrogens is 312 g/mol. The Morgan fingerprint density at radius 1 is 1.08 bits per heavy atom. The van der Waals surface area contributed by atoms with E-state index in [0.717, 1.165) is 56.4 Å². The predicted octanol–water partition coefficient (Wildman–Crippen LogP) is 2.59. The van der Waals surface area contributed by atoms with Gasteiger partial charge >= 0.3 is 0 Å². The molecule has 0 amide bonds. The van der Waals surface area contributed by atoms with Crippen molar-refractivity contribution >= 4 is 5.96 Å². The highest BCUT2D eigenvalue weighted by Gasteiger charge is 2.05. The van der Waals surface area contributed by atoms with E-state index in [9.17, 15) is 0 Å². The number of nitrogens with zero attached hydrogens (tertiary/aromatic N) is 4. The summed E-state index contributed by atoms with van der Waals surface area (Å²) in [4.78, 5) is 4.66. The van der Waals surface area contributed by atoms with Crippen LogP contribution >= 0.6 is 0 Å². The molecule has 0 unspecified atom stereocenters. The van der Waals surface area contributed by atoms with Crippen LogP contribution in [0.1, 0.15) is 43.4 Å². The van der Waals surface area contributed by atoms with Crippen LogP contribution in [0.3, 0.4) is 0 Å². The highest BCUT2D eigenvalue weighted by molar-refractivity contribution is 5.79. The van der Waals surface area contributed by atoms with Gasteiger partial charge in [0.1, 0.15) is 12.4 Å². The molecule has 2 rings (SSSR count). The van der Waals surface area contributed by atoms with Gasteiger partial charge in [-0.15, -0.1) is 10.2 Å². The smallest absolute Gasteiger partial charge is 0.191 e. The Kier molecular flexibility index (Phi) is 7.95. The van der Waals surface area contributed by atoms with E-state index in [-0.39, 0.29) is 0 Å². The van der Waals surface area contributed by atoms with Crippen molar-refractivity contribution in [2.45, 2.75) is 46.1 Å². The fourth-order valence-electron chi connectivity index (χ4n) is 2.44. The van der Waals surface area contributed by atoms with Crippen molar-refractivity contribution < 1.29 is 0 Å². The molecular formula is C19H30N6. The zero-order valence-corrected chi connectivity index (χ0v) is 15.6. The molecule has 6 heteroatoms. The Hall–Kier alpha value is -2.37. The Balaban J connectivity index is 1.83. The molecule has 0 aliphatic carbocycles. The van der Waals surface area contributed by atoms with Crippen LogP contribution in [-0.4, -0.2) is 33.8 Å². The van der Waals surface area contributed by atoms with Crippen molar-refractivity contribution in [3.63, 3.8) is 0 Å². The first kappa shape index (κ1) is 19.0. The molecule has 2 N–H and O–H groups in total. The third kappa shape index (κ3) is 6.57. The molecule has 1 aromatic carbocycles. The average Bonchev–Trinajstić information content (AvgIpc) is 2.95. The van der Waals surface area contributed by atoms with Gasteiger partial charge in [-0.3, -0.25) is 0 Å². The van der Waals surface area contributed by atoms with Crippen molar-refractivity contribution in [1.29, 1.82) is 0 Å². The zero-order chi connectivity index (χ0) is 17.9. The number of aryl methyl sites for hydroxylation is 2. The Bertz CT molecular complexity index is 647. The second kappa shape index (κ2) is 10.5. The van der Waals surface area contributed by atoms with E-state index in [1.807, 2.05) is 18.5 Å². The summed E-state index contributed by atoms with van der Waals surface area (Å²) in [6.45, 7) is 6.48. The molecule has 0 atom stereocenters. The first-order valence-corrected chi connectivity index (χ1v) is 9.11. The van der Waals surface area contributed by atoms with E-state index in [0.29, 0.717) is 6.54 Å². The third-order valence-corrected chi connectivity index (χ3v) is 4.16. The summed E-state index contributed by atoms with van der Waals surface area (Å²) < 4.78 is 1.97. The van der Waals surface area contributed by atoms with Crippen LogP contribution in [0.4, 0.5) is 0 Å². The van der Waals surface area contributed by atoms with Crippen molar-refractivity contribution in [3.8, 4) is 0 Å². The Labute approximate surface area is 150 Å². The lowest BCUT2D eigenvalue weighted by Gasteiger charge is -2.12. The van der Waals surface area contributed by atoms with E-state index < -0.39 is 0 Å². The minimum Gasteiger partial charge on any atom is -0.356 e. The molecule has 0 saturated carbocycles. The number of hydrogen-bond donors (Lipinski definition) is 2. The van der Waals surface area contributed by atoms with Crippen LogP contribution < -0.4 is 10.6 Å². The molecule has 25 heavy (non-hydrogen) atoms. The van der Waals surface area contributed by atoms with Crippen molar-refractivity contribution in [2.75, 3.05) is 13.1 Å². The van der Waals surface area contributed by atoms with Gasteiger partial charge in [-0.05, 0) is 31.7 Å². The second-order valence-electron chi connectivity index (χ2n) is 6.18. The van der Waals surface area contributed by atoms with E-state index >= 15 is 0 Å². The van der Waals surface area contributed by atoms with Gasteiger partial charge in [-0.2, -0.15) is 0 Å². The fourth-order valence-corrected chi connectivity index (χ4v) is 2.44. The minimum atomic E-state index is 0.525. The van der Waals surface area contributed by atoms with E-state index in [2.05, 4.69) is 63.1 Å². The SMILES string of the molecule is CCCCNC(=NCc1nnc(C)n1C)NCCCc1ccccc1. The van der Waals surface area contributed by atoms with Crippen LogP contribution in [0, 0.1) is 6.92 Å². The molecule has 0 saturated heterocycles. The summed E-state index contributed by atoms with van der Waals surface area (Å²) in [7, 11) is 1.97. The van der Waals surface area contributed by atoms with Gasteiger partial charge < -0.3 is 15.2 Å². The number of nitrogens with one attached hydrogen (secondary N) is 2. The highest BCUT2D eigenvalue weighted by atomic mass is 15.3. The van der Waals surface area contributed by atoms with Crippen molar-refractivity contribution in [1.82, 2.24) is 25.4 Å². The summed E-state index contributed by atoms with van der Waals surface area (Å²) in [6, 6.07) is 10.6. The molecule has 1 aromatic heterocycles. The predicted molar refractivity (Wildman–Crippen MR) is 103 cm³/mol. The fraction of sp³-hybridized carbons (Fsp3) is 0.526. The van der Waals surface area contributed by atoms with Crippen molar-refractivity contribution in [3.05, 3.63) is 47.5 Å². The van der Waals surface area contributed by atoms with Gasteiger partial charge in [-0.25, -0.2) is 4.99 Å². The molecule has 136 valence electrons. The average molecular weight is 342 g/mol. The maximum atomic E-state index is 4.66. The molecule has 0 bridgehead atoms. The zero-order valence-electron chi connectivity index (χ0n) is 15.6. The molecule has 0 fully saturated rings. The first-order chi connectivity index (χ1) is 12.2. The van der Waals surface area contributed by atoms with Gasteiger partial charge in [0, 0.05) is 20.1 Å². The molecule has 6 nitrogen and oxygen atoms in total. The van der Waals surface area contributed by atoms with Crippen LogP contribution in [0.2, 0.25) is 0 Å². The van der Waals surface area contributed by atoms with E-state index in [1.54, 1.807) is 0 Å². The summed E-state index contributed by atoms with van der Waals surface area (Å²) >= 11 is 0. The maximum absolute atomic E-state index is 4.66. The number of aliphatic imine (C=N–C) groups is 1.